The molecular formula is C10H11ClFN. The third-order valence-electron chi connectivity index (χ3n) is 2.36. The number of rotatable bonds is 0. The Morgan fingerprint density at radius 2 is 2.31 bits per heavy atom. The summed E-state index contributed by atoms with van der Waals surface area (Å²) in [6, 6.07) is 3.19. The molecule has 0 saturated carbocycles. The molecule has 1 aromatic rings. The van der Waals surface area contributed by atoms with E-state index < -0.39 is 0 Å². The first-order valence-electron chi connectivity index (χ1n) is 4.38. The fourth-order valence-corrected chi connectivity index (χ4v) is 1.84. The highest BCUT2D eigenvalue weighted by molar-refractivity contribution is 6.30. The molecular weight excluding hydrogens is 189 g/mol. The molecule has 70 valence electrons. The minimum absolute atomic E-state index is 0.217. The molecule has 0 amide bonds. The second-order valence-electron chi connectivity index (χ2n) is 3.61. The maximum Gasteiger partial charge on any atom is 0.143 e. The Balaban J connectivity index is 2.43. The Morgan fingerprint density at radius 3 is 3.08 bits per heavy atom. The van der Waals surface area contributed by atoms with Crippen LogP contribution in [0.3, 0.4) is 0 Å². The zero-order valence-electron chi connectivity index (χ0n) is 7.40. The van der Waals surface area contributed by atoms with Gasteiger partial charge in [-0.3, -0.25) is 0 Å². The first-order chi connectivity index (χ1) is 6.16. The van der Waals surface area contributed by atoms with Crippen molar-refractivity contribution in [3.05, 3.63) is 28.5 Å². The lowest BCUT2D eigenvalue weighted by atomic mass is 9.95. The van der Waals surface area contributed by atoms with Crippen LogP contribution < -0.4 is 5.32 Å². The van der Waals surface area contributed by atoms with Crippen LogP contribution in [0.2, 0.25) is 5.02 Å². The molecule has 1 nitrogen and oxygen atoms in total. The molecule has 1 aliphatic rings. The molecule has 1 heterocycles. The Hall–Kier alpha value is -0.760. The van der Waals surface area contributed by atoms with Gasteiger partial charge in [-0.1, -0.05) is 18.5 Å². The summed E-state index contributed by atoms with van der Waals surface area (Å²) < 4.78 is 13.0. The van der Waals surface area contributed by atoms with E-state index in [1.807, 2.05) is 0 Å². The molecule has 3 heteroatoms. The second kappa shape index (κ2) is 3.18. The molecule has 13 heavy (non-hydrogen) atoms. The first kappa shape index (κ1) is 8.82. The summed E-state index contributed by atoms with van der Waals surface area (Å²) >= 11 is 5.69. The van der Waals surface area contributed by atoms with Crippen LogP contribution in [-0.4, -0.2) is 6.54 Å². The molecule has 1 aliphatic heterocycles. The van der Waals surface area contributed by atoms with Crippen molar-refractivity contribution in [1.29, 1.82) is 0 Å². The van der Waals surface area contributed by atoms with Crippen LogP contribution in [0.25, 0.3) is 0 Å². The van der Waals surface area contributed by atoms with E-state index >= 15 is 0 Å². The Morgan fingerprint density at radius 1 is 1.54 bits per heavy atom. The molecule has 1 aromatic carbocycles. The van der Waals surface area contributed by atoms with Crippen molar-refractivity contribution in [2.45, 2.75) is 13.3 Å². The normalized spacial score (nSPS) is 20.7. The quantitative estimate of drug-likeness (QED) is 0.677. The molecule has 0 bridgehead atoms. The number of anilines is 1. The van der Waals surface area contributed by atoms with Gasteiger partial charge in [-0.25, -0.2) is 4.39 Å². The fourth-order valence-electron chi connectivity index (χ4n) is 1.65. The van der Waals surface area contributed by atoms with Crippen LogP contribution in [0.5, 0.6) is 0 Å². The summed E-state index contributed by atoms with van der Waals surface area (Å²) in [6.07, 6.45) is 0.975. The van der Waals surface area contributed by atoms with Crippen LogP contribution >= 0.6 is 11.6 Å². The number of hydrogen-bond donors (Lipinski definition) is 1. The van der Waals surface area contributed by atoms with Gasteiger partial charge in [0.25, 0.3) is 0 Å². The molecule has 1 N–H and O–H groups in total. The van der Waals surface area contributed by atoms with Gasteiger partial charge in [-0.2, -0.15) is 0 Å². The summed E-state index contributed by atoms with van der Waals surface area (Å²) in [6.45, 7) is 3.07. The lowest BCUT2D eigenvalue weighted by Crippen LogP contribution is -2.20. The van der Waals surface area contributed by atoms with Crippen molar-refractivity contribution >= 4 is 17.3 Å². The Kier molecular flexibility index (Phi) is 2.16. The zero-order valence-corrected chi connectivity index (χ0v) is 8.16. The molecule has 0 radical (unpaired) electrons. The predicted molar refractivity (Wildman–Crippen MR) is 52.8 cm³/mol. The molecule has 0 aliphatic carbocycles. The lowest BCUT2D eigenvalue weighted by Gasteiger charge is -2.23. The largest absolute Gasteiger partial charge is 0.384 e. The third kappa shape index (κ3) is 1.63. The molecule has 0 spiro atoms. The van der Waals surface area contributed by atoms with Gasteiger partial charge < -0.3 is 5.32 Å². The zero-order chi connectivity index (χ0) is 9.42. The molecule has 0 fully saturated rings. The summed E-state index contributed by atoms with van der Waals surface area (Å²) in [4.78, 5) is 0. The van der Waals surface area contributed by atoms with Crippen LogP contribution in [0.4, 0.5) is 10.1 Å². The van der Waals surface area contributed by atoms with Gasteiger partial charge in [0.15, 0.2) is 0 Å². The van der Waals surface area contributed by atoms with Gasteiger partial charge >= 0.3 is 0 Å². The number of nitrogens with one attached hydrogen (secondary N) is 1. The van der Waals surface area contributed by atoms with Crippen molar-refractivity contribution in [2.75, 3.05) is 11.9 Å². The monoisotopic (exact) mass is 199 g/mol. The predicted octanol–water partition coefficient (Wildman–Crippen LogP) is 3.08. The Bertz CT molecular complexity index is 338. The minimum atomic E-state index is -0.345. The Labute approximate surface area is 81.9 Å². The smallest absolute Gasteiger partial charge is 0.143 e. The number of hydrogen-bond acceptors (Lipinski definition) is 1. The average Bonchev–Trinajstić information content (AvgIpc) is 2.08. The summed E-state index contributed by atoms with van der Waals surface area (Å²) in [5.74, 6) is 0.247. The van der Waals surface area contributed by atoms with E-state index in [2.05, 4.69) is 12.2 Å². The van der Waals surface area contributed by atoms with Crippen LogP contribution in [0.1, 0.15) is 12.5 Å². The lowest BCUT2D eigenvalue weighted by molar-refractivity contribution is 0.587. The van der Waals surface area contributed by atoms with Crippen molar-refractivity contribution in [3.8, 4) is 0 Å². The summed E-state index contributed by atoms with van der Waals surface area (Å²) in [5.41, 5.74) is 2.00. The van der Waals surface area contributed by atoms with Crippen molar-refractivity contribution in [1.82, 2.24) is 0 Å². The molecule has 1 atom stereocenters. The van der Waals surface area contributed by atoms with Gasteiger partial charge in [0.2, 0.25) is 0 Å². The van der Waals surface area contributed by atoms with Gasteiger partial charge in [-0.05, 0) is 30.0 Å². The van der Waals surface area contributed by atoms with Gasteiger partial charge in [0.1, 0.15) is 5.82 Å². The third-order valence-corrected chi connectivity index (χ3v) is 2.65. The average molecular weight is 200 g/mol. The van der Waals surface area contributed by atoms with E-state index in [0.29, 0.717) is 5.92 Å². The van der Waals surface area contributed by atoms with E-state index in [0.717, 1.165) is 24.2 Å². The van der Waals surface area contributed by atoms with Gasteiger partial charge in [0.05, 0.1) is 5.02 Å². The van der Waals surface area contributed by atoms with Crippen molar-refractivity contribution in [2.24, 2.45) is 5.92 Å². The molecule has 0 aromatic heterocycles. The van der Waals surface area contributed by atoms with E-state index in [4.69, 9.17) is 11.6 Å². The molecule has 2 rings (SSSR count). The highest BCUT2D eigenvalue weighted by Crippen LogP contribution is 2.29. The summed E-state index contributed by atoms with van der Waals surface area (Å²) in [7, 11) is 0. The second-order valence-corrected chi connectivity index (χ2v) is 4.02. The first-order valence-corrected chi connectivity index (χ1v) is 4.76. The van der Waals surface area contributed by atoms with Crippen LogP contribution in [0.15, 0.2) is 12.1 Å². The maximum absolute atomic E-state index is 13.0. The topological polar surface area (TPSA) is 12.0 Å². The van der Waals surface area contributed by atoms with Crippen molar-refractivity contribution < 1.29 is 4.39 Å². The number of benzene rings is 1. The van der Waals surface area contributed by atoms with Crippen LogP contribution in [0, 0.1) is 11.7 Å². The van der Waals surface area contributed by atoms with E-state index in [-0.39, 0.29) is 10.8 Å². The highest BCUT2D eigenvalue weighted by atomic mass is 35.5. The summed E-state index contributed by atoms with van der Waals surface area (Å²) in [5, 5.41) is 3.40. The van der Waals surface area contributed by atoms with E-state index in [1.54, 1.807) is 6.07 Å². The molecule has 1 unspecified atom stereocenters. The minimum Gasteiger partial charge on any atom is -0.384 e. The van der Waals surface area contributed by atoms with Crippen LogP contribution in [-0.2, 0) is 6.42 Å². The highest BCUT2D eigenvalue weighted by Gasteiger charge is 2.16. The molecule has 0 saturated heterocycles. The fraction of sp³-hybridized carbons (Fsp3) is 0.400. The number of halogens is 2. The SMILES string of the molecule is CC1CNc2cc(F)c(Cl)cc2C1. The number of fused-ring (bicyclic) bond motifs is 1. The van der Waals surface area contributed by atoms with E-state index in [1.165, 1.54) is 6.07 Å². The maximum atomic E-state index is 13.0. The van der Waals surface area contributed by atoms with E-state index in [9.17, 15) is 4.39 Å². The van der Waals surface area contributed by atoms with Crippen molar-refractivity contribution in [3.63, 3.8) is 0 Å². The van der Waals surface area contributed by atoms with Gasteiger partial charge in [-0.15, -0.1) is 0 Å². The van der Waals surface area contributed by atoms with Gasteiger partial charge in [0, 0.05) is 12.2 Å². The standard InChI is InChI=1S/C10H11ClFN/c1-6-2-7-3-8(11)9(12)4-10(7)13-5-6/h3-4,6,13H,2,5H2,1H3.